The molecule has 1 fully saturated rings. The zero-order valence-corrected chi connectivity index (χ0v) is 10.3. The van der Waals surface area contributed by atoms with E-state index in [1.807, 2.05) is 5.06 Å². The minimum Gasteiger partial charge on any atom is -0.393 e. The summed E-state index contributed by atoms with van der Waals surface area (Å²) in [5.41, 5.74) is 0.0162. The van der Waals surface area contributed by atoms with Gasteiger partial charge in [-0.15, -0.1) is 0 Å². The zero-order chi connectivity index (χ0) is 11.3. The van der Waals surface area contributed by atoms with Crippen molar-refractivity contribution in [2.24, 2.45) is 0 Å². The van der Waals surface area contributed by atoms with Crippen molar-refractivity contribution in [3.8, 4) is 0 Å². The number of hydrogen-bond donors (Lipinski definition) is 1. The minimum absolute atomic E-state index is 0.0162. The van der Waals surface area contributed by atoms with Crippen LogP contribution in [0.2, 0.25) is 0 Å². The van der Waals surface area contributed by atoms with Crippen molar-refractivity contribution in [3.05, 3.63) is 0 Å². The summed E-state index contributed by atoms with van der Waals surface area (Å²) in [7, 11) is 0. The Kier molecular flexibility index (Phi) is 5.03. The lowest BCUT2D eigenvalue weighted by Gasteiger charge is -2.38. The molecule has 1 heterocycles. The Bertz CT molecular complexity index is 164. The average Bonchev–Trinajstić information content (AvgIpc) is 2.29. The molecule has 0 spiro atoms. The van der Waals surface area contributed by atoms with Gasteiger partial charge in [-0.2, -0.15) is 5.06 Å². The van der Waals surface area contributed by atoms with Gasteiger partial charge in [0.05, 0.1) is 11.7 Å². The van der Waals surface area contributed by atoms with Crippen molar-refractivity contribution in [1.82, 2.24) is 5.06 Å². The minimum atomic E-state index is -0.121. The van der Waals surface area contributed by atoms with E-state index in [0.29, 0.717) is 0 Å². The Balaban J connectivity index is 2.44. The normalized spacial score (nSPS) is 20.8. The van der Waals surface area contributed by atoms with Crippen LogP contribution < -0.4 is 0 Å². The van der Waals surface area contributed by atoms with Gasteiger partial charge in [-0.1, -0.05) is 20.8 Å². The number of aliphatic hydroxyl groups excluding tert-OH is 1. The second-order valence-electron chi connectivity index (χ2n) is 4.50. The van der Waals surface area contributed by atoms with Crippen LogP contribution in [0.3, 0.4) is 0 Å². The van der Waals surface area contributed by atoms with E-state index in [-0.39, 0.29) is 11.7 Å². The monoisotopic (exact) mass is 215 g/mol. The second kappa shape index (κ2) is 5.83. The van der Waals surface area contributed by atoms with Crippen LogP contribution in [0.1, 0.15) is 52.9 Å². The predicted octanol–water partition coefficient (Wildman–Crippen LogP) is 2.34. The SMILES string of the molecule is CCC(CC)(CC)ON1CCC(O)CC1. The van der Waals surface area contributed by atoms with Gasteiger partial charge in [0.2, 0.25) is 0 Å². The van der Waals surface area contributed by atoms with Gasteiger partial charge in [0.25, 0.3) is 0 Å². The molecule has 0 radical (unpaired) electrons. The van der Waals surface area contributed by atoms with Crippen LogP contribution in [0, 0.1) is 0 Å². The van der Waals surface area contributed by atoms with Gasteiger partial charge in [-0.05, 0) is 32.1 Å². The van der Waals surface area contributed by atoms with Gasteiger partial charge in [0.1, 0.15) is 0 Å². The molecule has 3 heteroatoms. The fourth-order valence-electron chi connectivity index (χ4n) is 2.15. The van der Waals surface area contributed by atoms with Crippen molar-refractivity contribution >= 4 is 0 Å². The highest BCUT2D eigenvalue weighted by atomic mass is 16.7. The molecule has 0 unspecified atom stereocenters. The van der Waals surface area contributed by atoms with E-state index in [9.17, 15) is 5.11 Å². The van der Waals surface area contributed by atoms with E-state index in [2.05, 4.69) is 20.8 Å². The van der Waals surface area contributed by atoms with E-state index in [1.54, 1.807) is 0 Å². The fourth-order valence-corrected chi connectivity index (χ4v) is 2.15. The quantitative estimate of drug-likeness (QED) is 0.764. The molecule has 1 aliphatic heterocycles. The number of hydroxylamine groups is 2. The highest BCUT2D eigenvalue weighted by Crippen LogP contribution is 2.27. The molecule has 1 aliphatic rings. The van der Waals surface area contributed by atoms with E-state index < -0.39 is 0 Å². The van der Waals surface area contributed by atoms with Gasteiger partial charge in [-0.3, -0.25) is 4.84 Å². The molecule has 90 valence electrons. The number of piperidine rings is 1. The summed E-state index contributed by atoms with van der Waals surface area (Å²) in [6, 6.07) is 0. The van der Waals surface area contributed by atoms with Crippen LogP contribution >= 0.6 is 0 Å². The molecule has 1 saturated heterocycles. The first-order valence-corrected chi connectivity index (χ1v) is 6.28. The summed E-state index contributed by atoms with van der Waals surface area (Å²) in [4.78, 5) is 6.10. The summed E-state index contributed by atoms with van der Waals surface area (Å²) in [6.07, 6.45) is 4.72. The molecule has 0 aliphatic carbocycles. The van der Waals surface area contributed by atoms with Crippen molar-refractivity contribution < 1.29 is 9.94 Å². The molecule has 1 N–H and O–H groups in total. The maximum Gasteiger partial charge on any atom is 0.0891 e. The average molecular weight is 215 g/mol. The first-order chi connectivity index (χ1) is 7.15. The van der Waals surface area contributed by atoms with Crippen LogP contribution in [-0.2, 0) is 4.84 Å². The Morgan fingerprint density at radius 2 is 1.60 bits per heavy atom. The Morgan fingerprint density at radius 3 is 2.00 bits per heavy atom. The third kappa shape index (κ3) is 3.44. The molecule has 0 bridgehead atoms. The van der Waals surface area contributed by atoms with Crippen LogP contribution in [0.15, 0.2) is 0 Å². The first kappa shape index (κ1) is 12.9. The maximum absolute atomic E-state index is 9.41. The Labute approximate surface area is 93.4 Å². The molecule has 0 saturated carbocycles. The van der Waals surface area contributed by atoms with Crippen LogP contribution in [-0.4, -0.2) is 35.0 Å². The van der Waals surface area contributed by atoms with E-state index in [0.717, 1.165) is 45.2 Å². The van der Waals surface area contributed by atoms with Gasteiger partial charge in [0, 0.05) is 13.1 Å². The summed E-state index contributed by atoms with van der Waals surface area (Å²) in [5.74, 6) is 0. The highest BCUT2D eigenvalue weighted by molar-refractivity contribution is 4.76. The summed E-state index contributed by atoms with van der Waals surface area (Å²) < 4.78 is 0. The number of nitrogens with zero attached hydrogens (tertiary/aromatic N) is 1. The number of hydrogen-bond acceptors (Lipinski definition) is 3. The third-order valence-corrected chi connectivity index (χ3v) is 3.68. The largest absolute Gasteiger partial charge is 0.393 e. The van der Waals surface area contributed by atoms with Crippen LogP contribution in [0.5, 0.6) is 0 Å². The molecular formula is C12H25NO2. The lowest BCUT2D eigenvalue weighted by atomic mass is 9.94. The first-order valence-electron chi connectivity index (χ1n) is 6.28. The standard InChI is InChI=1S/C12H25NO2/c1-4-12(5-2,6-3)15-13-9-7-11(14)8-10-13/h11,14H,4-10H2,1-3H3. The lowest BCUT2D eigenvalue weighted by Crippen LogP contribution is -2.44. The van der Waals surface area contributed by atoms with Crippen molar-refractivity contribution in [2.75, 3.05) is 13.1 Å². The van der Waals surface area contributed by atoms with Gasteiger partial charge in [0.15, 0.2) is 0 Å². The molecule has 0 amide bonds. The third-order valence-electron chi connectivity index (χ3n) is 3.68. The summed E-state index contributed by atoms with van der Waals surface area (Å²) in [6.45, 7) is 8.29. The predicted molar refractivity (Wildman–Crippen MR) is 61.5 cm³/mol. The van der Waals surface area contributed by atoms with E-state index >= 15 is 0 Å². The highest BCUT2D eigenvalue weighted by Gasteiger charge is 2.29. The fraction of sp³-hybridized carbons (Fsp3) is 1.00. The molecule has 15 heavy (non-hydrogen) atoms. The summed E-state index contributed by atoms with van der Waals surface area (Å²) in [5, 5.41) is 11.5. The van der Waals surface area contributed by atoms with Gasteiger partial charge >= 0.3 is 0 Å². The van der Waals surface area contributed by atoms with E-state index in [1.165, 1.54) is 0 Å². The summed E-state index contributed by atoms with van der Waals surface area (Å²) >= 11 is 0. The molecule has 0 atom stereocenters. The molecule has 1 rings (SSSR count). The second-order valence-corrected chi connectivity index (χ2v) is 4.50. The van der Waals surface area contributed by atoms with E-state index in [4.69, 9.17) is 4.84 Å². The number of rotatable bonds is 5. The van der Waals surface area contributed by atoms with Crippen molar-refractivity contribution in [1.29, 1.82) is 0 Å². The smallest absolute Gasteiger partial charge is 0.0891 e. The topological polar surface area (TPSA) is 32.7 Å². The zero-order valence-electron chi connectivity index (χ0n) is 10.3. The van der Waals surface area contributed by atoms with Gasteiger partial charge in [-0.25, -0.2) is 0 Å². The molecular weight excluding hydrogens is 190 g/mol. The molecule has 0 aromatic rings. The Hall–Kier alpha value is -0.120. The van der Waals surface area contributed by atoms with Crippen molar-refractivity contribution in [3.63, 3.8) is 0 Å². The van der Waals surface area contributed by atoms with Gasteiger partial charge < -0.3 is 5.11 Å². The number of aliphatic hydroxyl groups is 1. The van der Waals surface area contributed by atoms with Crippen LogP contribution in [0.25, 0.3) is 0 Å². The molecule has 0 aromatic carbocycles. The van der Waals surface area contributed by atoms with Crippen molar-refractivity contribution in [2.45, 2.75) is 64.6 Å². The maximum atomic E-state index is 9.41. The van der Waals surface area contributed by atoms with Crippen LogP contribution in [0.4, 0.5) is 0 Å². The lowest BCUT2D eigenvalue weighted by molar-refractivity contribution is -0.262. The molecule has 3 nitrogen and oxygen atoms in total. The Morgan fingerprint density at radius 1 is 1.13 bits per heavy atom. The molecule has 0 aromatic heterocycles.